The fraction of sp³-hybridized carbons (Fsp3) is 0.409. The number of aliphatic hydroxyl groups excluding tert-OH is 1. The Morgan fingerprint density at radius 2 is 1.90 bits per heavy atom. The van der Waals surface area contributed by atoms with E-state index in [0.717, 1.165) is 23.9 Å². The molecular weight excluding hydrogens is 386 g/mol. The molecule has 0 bridgehead atoms. The van der Waals surface area contributed by atoms with Gasteiger partial charge < -0.3 is 10.0 Å². The van der Waals surface area contributed by atoms with E-state index in [0.29, 0.717) is 5.56 Å². The second-order valence-electron chi connectivity index (χ2n) is 7.60. The number of nitrogens with one attached hydrogen (secondary N) is 1. The van der Waals surface area contributed by atoms with Gasteiger partial charge in [-0.3, -0.25) is 0 Å². The molecule has 1 unspecified atom stereocenters. The summed E-state index contributed by atoms with van der Waals surface area (Å²) in [6, 6.07) is 13.7. The Balaban J connectivity index is 1.84. The maximum absolute atomic E-state index is 12.4. The SMILES string of the molecule is CC(CO)CNS(=O)(=O)/C(C#N)=C/c1ccc2cc(N3CCCCC3)ccc2c1. The Morgan fingerprint density at radius 1 is 1.21 bits per heavy atom. The average Bonchev–Trinajstić information content (AvgIpc) is 2.75. The van der Waals surface area contributed by atoms with Crippen molar-refractivity contribution in [1.29, 1.82) is 5.26 Å². The summed E-state index contributed by atoms with van der Waals surface area (Å²) >= 11 is 0. The van der Waals surface area contributed by atoms with Crippen molar-refractivity contribution in [1.82, 2.24) is 4.72 Å². The lowest BCUT2D eigenvalue weighted by atomic mass is 10.0. The lowest BCUT2D eigenvalue weighted by Gasteiger charge is -2.29. The predicted molar refractivity (Wildman–Crippen MR) is 117 cm³/mol. The van der Waals surface area contributed by atoms with Crippen LogP contribution in [0.5, 0.6) is 0 Å². The molecule has 0 aromatic heterocycles. The molecule has 1 aliphatic heterocycles. The van der Waals surface area contributed by atoms with Gasteiger partial charge in [0.2, 0.25) is 0 Å². The molecule has 0 aliphatic carbocycles. The number of allylic oxidation sites excluding steroid dienone is 1. The van der Waals surface area contributed by atoms with Crippen LogP contribution < -0.4 is 9.62 Å². The fourth-order valence-electron chi connectivity index (χ4n) is 3.41. The molecule has 154 valence electrons. The third-order valence-electron chi connectivity index (χ3n) is 5.20. The van der Waals surface area contributed by atoms with Crippen molar-refractivity contribution < 1.29 is 13.5 Å². The lowest BCUT2D eigenvalue weighted by Crippen LogP contribution is -2.30. The van der Waals surface area contributed by atoms with Gasteiger partial charge in [-0.25, -0.2) is 13.1 Å². The maximum Gasteiger partial charge on any atom is 0.250 e. The van der Waals surface area contributed by atoms with Crippen molar-refractivity contribution >= 4 is 32.6 Å². The zero-order chi connectivity index (χ0) is 20.9. The Kier molecular flexibility index (Phi) is 6.91. The predicted octanol–water partition coefficient (Wildman–Crippen LogP) is 3.24. The van der Waals surface area contributed by atoms with Crippen LogP contribution in [-0.4, -0.2) is 39.8 Å². The van der Waals surface area contributed by atoms with E-state index in [9.17, 15) is 13.7 Å². The number of hydrogen-bond acceptors (Lipinski definition) is 5. The number of benzene rings is 2. The van der Waals surface area contributed by atoms with Crippen LogP contribution in [-0.2, 0) is 10.0 Å². The molecule has 2 N–H and O–H groups in total. The van der Waals surface area contributed by atoms with E-state index in [1.165, 1.54) is 31.0 Å². The second-order valence-corrected chi connectivity index (χ2v) is 9.33. The maximum atomic E-state index is 12.4. The van der Waals surface area contributed by atoms with Crippen LogP contribution in [0.3, 0.4) is 0 Å². The molecule has 0 radical (unpaired) electrons. The van der Waals surface area contributed by atoms with Gasteiger partial charge in [0.1, 0.15) is 6.07 Å². The molecule has 2 aromatic rings. The number of sulfonamides is 1. The number of aliphatic hydroxyl groups is 1. The monoisotopic (exact) mass is 413 g/mol. The largest absolute Gasteiger partial charge is 0.396 e. The van der Waals surface area contributed by atoms with Crippen LogP contribution >= 0.6 is 0 Å². The third kappa shape index (κ3) is 5.36. The van der Waals surface area contributed by atoms with E-state index in [1.54, 1.807) is 13.0 Å². The molecule has 0 saturated carbocycles. The number of anilines is 1. The Hall–Kier alpha value is -2.40. The van der Waals surface area contributed by atoms with Crippen LogP contribution in [0.1, 0.15) is 31.7 Å². The van der Waals surface area contributed by atoms with E-state index in [2.05, 4.69) is 21.8 Å². The first-order chi connectivity index (χ1) is 13.9. The molecule has 7 heteroatoms. The minimum atomic E-state index is -3.92. The van der Waals surface area contributed by atoms with E-state index in [-0.39, 0.29) is 24.0 Å². The van der Waals surface area contributed by atoms with Gasteiger partial charge in [0.15, 0.2) is 4.91 Å². The third-order valence-corrected chi connectivity index (χ3v) is 6.53. The highest BCUT2D eigenvalue weighted by Gasteiger charge is 2.18. The number of hydrogen-bond donors (Lipinski definition) is 2. The Morgan fingerprint density at radius 3 is 2.59 bits per heavy atom. The van der Waals surface area contributed by atoms with Gasteiger partial charge in [-0.05, 0) is 65.8 Å². The van der Waals surface area contributed by atoms with E-state index < -0.39 is 10.0 Å². The van der Waals surface area contributed by atoms with Crippen molar-refractivity contribution in [2.45, 2.75) is 26.2 Å². The van der Waals surface area contributed by atoms with E-state index in [1.807, 2.05) is 24.3 Å². The van der Waals surface area contributed by atoms with Crippen LogP contribution in [0.2, 0.25) is 0 Å². The molecule has 1 aliphatic rings. The van der Waals surface area contributed by atoms with Gasteiger partial charge in [0.25, 0.3) is 10.0 Å². The number of nitriles is 1. The molecule has 29 heavy (non-hydrogen) atoms. The molecular formula is C22H27N3O3S. The van der Waals surface area contributed by atoms with Gasteiger partial charge in [-0.2, -0.15) is 5.26 Å². The summed E-state index contributed by atoms with van der Waals surface area (Å²) in [6.45, 7) is 3.84. The average molecular weight is 414 g/mol. The first-order valence-electron chi connectivity index (χ1n) is 9.94. The molecule has 2 aromatic carbocycles. The number of nitrogens with zero attached hydrogens (tertiary/aromatic N) is 2. The minimum absolute atomic E-state index is 0.0782. The van der Waals surface area contributed by atoms with Gasteiger partial charge in [0.05, 0.1) is 0 Å². The van der Waals surface area contributed by atoms with Crippen molar-refractivity contribution in [3.8, 4) is 6.07 Å². The number of rotatable bonds is 7. The van der Waals surface area contributed by atoms with Gasteiger partial charge in [0, 0.05) is 31.9 Å². The summed E-state index contributed by atoms with van der Waals surface area (Å²) in [6.07, 6.45) is 5.11. The normalized spacial score (nSPS) is 16.6. The van der Waals surface area contributed by atoms with Crippen molar-refractivity contribution in [2.75, 3.05) is 31.1 Å². The molecule has 1 saturated heterocycles. The molecule has 1 atom stereocenters. The van der Waals surface area contributed by atoms with Gasteiger partial charge in [-0.15, -0.1) is 0 Å². The zero-order valence-corrected chi connectivity index (χ0v) is 17.5. The second kappa shape index (κ2) is 9.40. The summed E-state index contributed by atoms with van der Waals surface area (Å²) in [5.74, 6) is -0.223. The highest BCUT2D eigenvalue weighted by atomic mass is 32.2. The van der Waals surface area contributed by atoms with Crippen LogP contribution in [0.15, 0.2) is 41.3 Å². The summed E-state index contributed by atoms with van der Waals surface area (Å²) in [7, 11) is -3.92. The smallest absolute Gasteiger partial charge is 0.250 e. The molecule has 3 rings (SSSR count). The molecule has 1 heterocycles. The summed E-state index contributed by atoms with van der Waals surface area (Å²) in [4.78, 5) is 2.06. The van der Waals surface area contributed by atoms with Crippen LogP contribution in [0.4, 0.5) is 5.69 Å². The lowest BCUT2D eigenvalue weighted by molar-refractivity contribution is 0.239. The first-order valence-corrected chi connectivity index (χ1v) is 11.4. The highest BCUT2D eigenvalue weighted by Crippen LogP contribution is 2.26. The standard InChI is InChI=1S/C22H27N3O3S/c1-17(16-26)15-24-29(27,28)22(14-23)12-18-5-6-20-13-21(8-7-19(20)11-18)25-9-3-2-4-10-25/h5-8,11-13,17,24,26H,2-4,9-10,15-16H2,1H3/b22-12+. The first kappa shape index (κ1) is 21.3. The van der Waals surface area contributed by atoms with E-state index >= 15 is 0 Å². The molecule has 0 amide bonds. The Labute approximate surface area is 172 Å². The zero-order valence-electron chi connectivity index (χ0n) is 16.6. The number of fused-ring (bicyclic) bond motifs is 1. The topological polar surface area (TPSA) is 93.4 Å². The molecule has 1 fully saturated rings. The fourth-order valence-corrected chi connectivity index (χ4v) is 4.48. The van der Waals surface area contributed by atoms with Crippen LogP contribution in [0.25, 0.3) is 16.8 Å². The molecule has 0 spiro atoms. The number of piperidine rings is 1. The summed E-state index contributed by atoms with van der Waals surface area (Å²) < 4.78 is 27.1. The van der Waals surface area contributed by atoms with Crippen LogP contribution in [0, 0.1) is 17.2 Å². The Bertz CT molecular complexity index is 1030. The quantitative estimate of drug-likeness (QED) is 0.680. The van der Waals surface area contributed by atoms with Crippen molar-refractivity contribution in [3.63, 3.8) is 0 Å². The highest BCUT2D eigenvalue weighted by molar-refractivity contribution is 7.93. The summed E-state index contributed by atoms with van der Waals surface area (Å²) in [5, 5.41) is 20.5. The van der Waals surface area contributed by atoms with Crippen molar-refractivity contribution in [3.05, 3.63) is 46.9 Å². The van der Waals surface area contributed by atoms with E-state index in [4.69, 9.17) is 5.11 Å². The van der Waals surface area contributed by atoms with Gasteiger partial charge >= 0.3 is 0 Å². The minimum Gasteiger partial charge on any atom is -0.396 e. The summed E-state index contributed by atoms with van der Waals surface area (Å²) in [5.41, 5.74) is 1.86. The molecule has 6 nitrogen and oxygen atoms in total. The van der Waals surface area contributed by atoms with Crippen molar-refractivity contribution in [2.24, 2.45) is 5.92 Å². The van der Waals surface area contributed by atoms with Gasteiger partial charge in [-0.1, -0.05) is 25.1 Å².